The van der Waals surface area contributed by atoms with Gasteiger partial charge in [0.1, 0.15) is 5.75 Å². The van der Waals surface area contributed by atoms with Gasteiger partial charge in [-0.05, 0) is 41.8 Å². The van der Waals surface area contributed by atoms with Crippen LogP contribution >= 0.6 is 15.9 Å². The summed E-state index contributed by atoms with van der Waals surface area (Å²) in [4.78, 5) is 11.6. The average molecular weight is 361 g/mol. The Hall–Kier alpha value is -2.14. The Labute approximate surface area is 138 Å². The summed E-state index contributed by atoms with van der Waals surface area (Å²) in [7, 11) is 0. The molecule has 0 saturated heterocycles. The van der Waals surface area contributed by atoms with Crippen LogP contribution in [0.5, 0.6) is 5.75 Å². The molecule has 2 aromatic rings. The summed E-state index contributed by atoms with van der Waals surface area (Å²) in [6, 6.07) is 15.3. The number of halogens is 1. The van der Waals surface area contributed by atoms with Crippen LogP contribution in [-0.4, -0.2) is 18.7 Å². The highest BCUT2D eigenvalue weighted by Crippen LogP contribution is 2.12. The van der Waals surface area contributed by atoms with Gasteiger partial charge in [-0.3, -0.25) is 4.79 Å². The summed E-state index contributed by atoms with van der Waals surface area (Å²) < 4.78 is 6.36. The summed E-state index contributed by atoms with van der Waals surface area (Å²) >= 11 is 3.37. The SMILES string of the molecule is CCc1ccc(OCC(=O)N/N=C\c2cccc(Br)c2)cc1. The number of hydrazone groups is 1. The van der Waals surface area contributed by atoms with Crippen molar-refractivity contribution in [1.82, 2.24) is 5.43 Å². The standard InChI is InChI=1S/C17H17BrN2O2/c1-2-13-6-8-16(9-7-13)22-12-17(21)20-19-11-14-4-3-5-15(18)10-14/h3-11H,2,12H2,1H3,(H,20,21)/b19-11-. The number of hydrogen-bond donors (Lipinski definition) is 1. The monoisotopic (exact) mass is 360 g/mol. The molecule has 1 N–H and O–H groups in total. The van der Waals surface area contributed by atoms with E-state index in [1.807, 2.05) is 48.5 Å². The molecule has 0 saturated carbocycles. The van der Waals surface area contributed by atoms with Crippen molar-refractivity contribution < 1.29 is 9.53 Å². The highest BCUT2D eigenvalue weighted by Gasteiger charge is 2.01. The second kappa shape index (κ2) is 8.34. The summed E-state index contributed by atoms with van der Waals surface area (Å²) in [5.74, 6) is 0.370. The van der Waals surface area contributed by atoms with E-state index in [1.54, 1.807) is 6.21 Å². The summed E-state index contributed by atoms with van der Waals surface area (Å²) in [5.41, 5.74) is 4.56. The van der Waals surface area contributed by atoms with Crippen LogP contribution in [-0.2, 0) is 11.2 Å². The molecule has 0 aliphatic carbocycles. The number of ether oxygens (including phenoxy) is 1. The molecule has 0 atom stereocenters. The van der Waals surface area contributed by atoms with Crippen molar-refractivity contribution in [2.24, 2.45) is 5.10 Å². The number of carbonyl (C=O) groups excluding carboxylic acids is 1. The fourth-order valence-corrected chi connectivity index (χ4v) is 2.19. The molecule has 1 amide bonds. The topological polar surface area (TPSA) is 50.7 Å². The van der Waals surface area contributed by atoms with Crippen molar-refractivity contribution in [2.45, 2.75) is 13.3 Å². The summed E-state index contributed by atoms with van der Waals surface area (Å²) in [5, 5.41) is 3.90. The predicted molar refractivity (Wildman–Crippen MR) is 91.2 cm³/mol. The Morgan fingerprint density at radius 3 is 2.73 bits per heavy atom. The Morgan fingerprint density at radius 2 is 2.05 bits per heavy atom. The minimum absolute atomic E-state index is 0.0682. The van der Waals surface area contributed by atoms with E-state index in [9.17, 15) is 4.79 Å². The van der Waals surface area contributed by atoms with Crippen molar-refractivity contribution >= 4 is 28.1 Å². The van der Waals surface area contributed by atoms with Crippen LogP contribution in [0.3, 0.4) is 0 Å². The Bertz CT molecular complexity index is 654. The van der Waals surface area contributed by atoms with Gasteiger partial charge in [-0.2, -0.15) is 5.10 Å². The lowest BCUT2D eigenvalue weighted by Gasteiger charge is -2.05. The number of nitrogens with zero attached hydrogens (tertiary/aromatic N) is 1. The van der Waals surface area contributed by atoms with Crippen LogP contribution in [0.1, 0.15) is 18.1 Å². The van der Waals surface area contributed by atoms with Crippen molar-refractivity contribution in [2.75, 3.05) is 6.61 Å². The number of carbonyl (C=O) groups is 1. The zero-order valence-electron chi connectivity index (χ0n) is 12.3. The van der Waals surface area contributed by atoms with Gasteiger partial charge in [-0.25, -0.2) is 5.43 Å². The van der Waals surface area contributed by atoms with E-state index in [1.165, 1.54) is 5.56 Å². The van der Waals surface area contributed by atoms with E-state index in [2.05, 4.69) is 33.4 Å². The van der Waals surface area contributed by atoms with Crippen molar-refractivity contribution in [3.05, 3.63) is 64.1 Å². The number of amides is 1. The minimum Gasteiger partial charge on any atom is -0.484 e. The van der Waals surface area contributed by atoms with Gasteiger partial charge in [0.2, 0.25) is 0 Å². The highest BCUT2D eigenvalue weighted by atomic mass is 79.9. The summed E-state index contributed by atoms with van der Waals surface area (Å²) in [6.07, 6.45) is 2.56. The lowest BCUT2D eigenvalue weighted by Crippen LogP contribution is -2.24. The van der Waals surface area contributed by atoms with Gasteiger partial charge in [0.15, 0.2) is 6.61 Å². The van der Waals surface area contributed by atoms with Crippen LogP contribution in [0.25, 0.3) is 0 Å². The van der Waals surface area contributed by atoms with Crippen LogP contribution in [0.2, 0.25) is 0 Å². The second-order valence-corrected chi connectivity index (χ2v) is 5.55. The number of rotatable bonds is 6. The Morgan fingerprint density at radius 1 is 1.27 bits per heavy atom. The van der Waals surface area contributed by atoms with Crippen LogP contribution in [0.15, 0.2) is 58.1 Å². The molecule has 0 aliphatic rings. The zero-order valence-corrected chi connectivity index (χ0v) is 13.8. The molecule has 0 heterocycles. The van der Waals surface area contributed by atoms with Gasteiger partial charge in [0.25, 0.3) is 5.91 Å². The molecule has 2 aromatic carbocycles. The first kappa shape index (κ1) is 16.2. The molecule has 0 unspecified atom stereocenters. The summed E-state index contributed by atoms with van der Waals surface area (Å²) in [6.45, 7) is 2.02. The number of aryl methyl sites for hydroxylation is 1. The molecular formula is C17H17BrN2O2. The van der Waals surface area contributed by atoms with Crippen molar-refractivity contribution in [3.63, 3.8) is 0 Å². The maximum absolute atomic E-state index is 11.6. The first-order valence-corrected chi connectivity index (χ1v) is 7.76. The smallest absolute Gasteiger partial charge is 0.277 e. The van der Waals surface area contributed by atoms with Gasteiger partial charge in [0, 0.05) is 4.47 Å². The van der Waals surface area contributed by atoms with E-state index in [0.29, 0.717) is 5.75 Å². The first-order chi connectivity index (χ1) is 10.7. The molecule has 0 radical (unpaired) electrons. The van der Waals surface area contributed by atoms with E-state index < -0.39 is 0 Å². The van der Waals surface area contributed by atoms with Gasteiger partial charge < -0.3 is 4.74 Å². The third-order valence-electron chi connectivity index (χ3n) is 2.95. The maximum atomic E-state index is 11.6. The molecule has 0 aromatic heterocycles. The Kier molecular flexibility index (Phi) is 6.15. The van der Waals surface area contributed by atoms with E-state index in [0.717, 1.165) is 16.5 Å². The van der Waals surface area contributed by atoms with Crippen molar-refractivity contribution in [3.8, 4) is 5.75 Å². The molecule has 0 bridgehead atoms. The van der Waals surface area contributed by atoms with E-state index in [-0.39, 0.29) is 12.5 Å². The molecule has 4 nitrogen and oxygen atoms in total. The molecule has 0 spiro atoms. The van der Waals surface area contributed by atoms with E-state index >= 15 is 0 Å². The largest absolute Gasteiger partial charge is 0.484 e. The van der Waals surface area contributed by atoms with Gasteiger partial charge in [-0.15, -0.1) is 0 Å². The highest BCUT2D eigenvalue weighted by molar-refractivity contribution is 9.10. The molecule has 5 heteroatoms. The fraction of sp³-hybridized carbons (Fsp3) is 0.176. The average Bonchev–Trinajstić information content (AvgIpc) is 2.53. The van der Waals surface area contributed by atoms with Crippen molar-refractivity contribution in [1.29, 1.82) is 0 Å². The lowest BCUT2D eigenvalue weighted by molar-refractivity contribution is -0.123. The van der Waals surface area contributed by atoms with Crippen LogP contribution in [0, 0.1) is 0 Å². The third-order valence-corrected chi connectivity index (χ3v) is 3.45. The van der Waals surface area contributed by atoms with Crippen LogP contribution < -0.4 is 10.2 Å². The molecule has 114 valence electrons. The molecule has 22 heavy (non-hydrogen) atoms. The normalized spacial score (nSPS) is 10.6. The lowest BCUT2D eigenvalue weighted by atomic mass is 10.2. The number of hydrogen-bond acceptors (Lipinski definition) is 3. The molecule has 2 rings (SSSR count). The Balaban J connectivity index is 1.77. The van der Waals surface area contributed by atoms with Crippen LogP contribution in [0.4, 0.5) is 0 Å². The zero-order chi connectivity index (χ0) is 15.8. The first-order valence-electron chi connectivity index (χ1n) is 6.96. The van der Waals surface area contributed by atoms with E-state index in [4.69, 9.17) is 4.74 Å². The van der Waals surface area contributed by atoms with Gasteiger partial charge >= 0.3 is 0 Å². The maximum Gasteiger partial charge on any atom is 0.277 e. The van der Waals surface area contributed by atoms with Gasteiger partial charge in [0.05, 0.1) is 6.21 Å². The minimum atomic E-state index is -0.300. The number of benzene rings is 2. The quantitative estimate of drug-likeness (QED) is 0.632. The predicted octanol–water partition coefficient (Wildman–Crippen LogP) is 3.54. The fourth-order valence-electron chi connectivity index (χ4n) is 1.77. The molecule has 0 fully saturated rings. The third kappa shape index (κ3) is 5.33. The number of nitrogens with one attached hydrogen (secondary N) is 1. The second-order valence-electron chi connectivity index (χ2n) is 4.63. The van der Waals surface area contributed by atoms with Gasteiger partial charge in [-0.1, -0.05) is 47.1 Å². The molecular weight excluding hydrogens is 344 g/mol. The molecule has 0 aliphatic heterocycles.